The first-order valence-corrected chi connectivity index (χ1v) is 10.9. The van der Waals surface area contributed by atoms with Crippen molar-refractivity contribution in [2.24, 2.45) is 5.92 Å². The summed E-state index contributed by atoms with van der Waals surface area (Å²) in [6.07, 6.45) is 8.07. The van der Waals surface area contributed by atoms with Crippen LogP contribution >= 0.6 is 0 Å². The van der Waals surface area contributed by atoms with Crippen LogP contribution in [0.2, 0.25) is 0 Å². The molecule has 136 valence electrons. The molecule has 2 fully saturated rings. The van der Waals surface area contributed by atoms with Crippen molar-refractivity contribution < 1.29 is 12.9 Å². The van der Waals surface area contributed by atoms with Crippen LogP contribution in [0.3, 0.4) is 0 Å². The molecule has 0 bridgehead atoms. The van der Waals surface area contributed by atoms with Gasteiger partial charge in [0, 0.05) is 25.0 Å². The Morgan fingerprint density at radius 1 is 1.29 bits per heavy atom. The van der Waals surface area contributed by atoms with Crippen molar-refractivity contribution in [3.8, 4) is 0 Å². The zero-order chi connectivity index (χ0) is 17.2. The first-order chi connectivity index (χ1) is 11.4. The third kappa shape index (κ3) is 4.55. The summed E-state index contributed by atoms with van der Waals surface area (Å²) in [5.41, 5.74) is 0. The van der Waals surface area contributed by atoms with Crippen molar-refractivity contribution in [2.75, 3.05) is 19.3 Å². The maximum atomic E-state index is 11.6. The van der Waals surface area contributed by atoms with Gasteiger partial charge in [-0.05, 0) is 25.2 Å². The third-order valence-electron chi connectivity index (χ3n) is 5.09. The van der Waals surface area contributed by atoms with Gasteiger partial charge in [0.05, 0.1) is 12.8 Å². The summed E-state index contributed by atoms with van der Waals surface area (Å²) < 4.78 is 31.4. The van der Waals surface area contributed by atoms with E-state index < -0.39 is 10.0 Å². The molecule has 1 saturated carbocycles. The second-order valence-electron chi connectivity index (χ2n) is 7.27. The predicted molar refractivity (Wildman–Crippen MR) is 90.9 cm³/mol. The first kappa shape index (κ1) is 17.8. The molecule has 0 spiro atoms. The van der Waals surface area contributed by atoms with E-state index in [1.807, 2.05) is 0 Å². The van der Waals surface area contributed by atoms with Gasteiger partial charge in [-0.25, -0.2) is 13.1 Å². The van der Waals surface area contributed by atoms with E-state index in [2.05, 4.69) is 26.7 Å². The lowest BCUT2D eigenvalue weighted by Crippen LogP contribution is -2.39. The molecule has 2 atom stereocenters. The van der Waals surface area contributed by atoms with Crippen LogP contribution in [0.15, 0.2) is 4.52 Å². The van der Waals surface area contributed by atoms with Crippen molar-refractivity contribution in [3.63, 3.8) is 0 Å². The topological polar surface area (TPSA) is 88.3 Å². The van der Waals surface area contributed by atoms with Gasteiger partial charge >= 0.3 is 0 Å². The quantitative estimate of drug-likeness (QED) is 0.802. The lowest BCUT2D eigenvalue weighted by molar-refractivity contribution is 0.293. The second-order valence-corrected chi connectivity index (χ2v) is 9.05. The zero-order valence-electron chi connectivity index (χ0n) is 14.6. The second kappa shape index (κ2) is 7.49. The minimum absolute atomic E-state index is 0.0267. The Balaban J connectivity index is 1.60. The summed E-state index contributed by atoms with van der Waals surface area (Å²) in [6.45, 7) is 4.32. The van der Waals surface area contributed by atoms with Crippen LogP contribution in [0.25, 0.3) is 0 Å². The number of rotatable bonds is 7. The van der Waals surface area contributed by atoms with Crippen LogP contribution in [0.4, 0.5) is 0 Å². The monoisotopic (exact) mass is 356 g/mol. The standard InChI is InChI=1S/C16H28N4O3S/c1-3-6-13-9-20(10-14(13)19-24(2,21)22)11-15-17-16(23-18-15)12-7-4-5-8-12/h12-14,19H,3-11H2,1-2H3/t13-,14-/m1/s1. The normalized spacial score (nSPS) is 26.4. The molecule has 0 amide bonds. The molecule has 2 heterocycles. The lowest BCUT2D eigenvalue weighted by atomic mass is 9.99. The van der Waals surface area contributed by atoms with E-state index >= 15 is 0 Å². The van der Waals surface area contributed by atoms with Gasteiger partial charge in [-0.3, -0.25) is 4.90 Å². The Hall–Kier alpha value is -0.990. The van der Waals surface area contributed by atoms with Crippen LogP contribution in [-0.2, 0) is 16.6 Å². The van der Waals surface area contributed by atoms with Crippen molar-refractivity contribution >= 4 is 10.0 Å². The third-order valence-corrected chi connectivity index (χ3v) is 5.83. The highest BCUT2D eigenvalue weighted by molar-refractivity contribution is 7.88. The van der Waals surface area contributed by atoms with Crippen molar-refractivity contribution in [3.05, 3.63) is 11.7 Å². The van der Waals surface area contributed by atoms with Gasteiger partial charge in [0.1, 0.15) is 0 Å². The molecular weight excluding hydrogens is 328 g/mol. The Labute approximate surface area is 144 Å². The van der Waals surface area contributed by atoms with Gasteiger partial charge in [-0.15, -0.1) is 0 Å². The minimum Gasteiger partial charge on any atom is -0.339 e. The summed E-state index contributed by atoms with van der Waals surface area (Å²) in [5.74, 6) is 2.26. The maximum Gasteiger partial charge on any atom is 0.229 e. The van der Waals surface area contributed by atoms with Gasteiger partial charge in [-0.1, -0.05) is 31.3 Å². The fourth-order valence-corrected chi connectivity index (χ4v) is 4.85. The summed E-state index contributed by atoms with van der Waals surface area (Å²) in [4.78, 5) is 6.80. The van der Waals surface area contributed by atoms with E-state index in [9.17, 15) is 8.42 Å². The summed E-state index contributed by atoms with van der Waals surface area (Å²) in [6, 6.07) is -0.0267. The number of likely N-dealkylation sites (tertiary alicyclic amines) is 1. The number of nitrogens with zero attached hydrogens (tertiary/aromatic N) is 3. The minimum atomic E-state index is -3.19. The van der Waals surface area contributed by atoms with E-state index in [0.717, 1.165) is 38.1 Å². The lowest BCUT2D eigenvalue weighted by Gasteiger charge is -2.17. The molecular formula is C16H28N4O3S. The zero-order valence-corrected chi connectivity index (χ0v) is 15.4. The highest BCUT2D eigenvalue weighted by Gasteiger charge is 2.34. The van der Waals surface area contributed by atoms with Crippen LogP contribution < -0.4 is 4.72 Å². The molecule has 8 heteroatoms. The smallest absolute Gasteiger partial charge is 0.229 e. The summed E-state index contributed by atoms with van der Waals surface area (Å²) in [7, 11) is -3.19. The number of sulfonamides is 1. The molecule has 1 N–H and O–H groups in total. The molecule has 1 saturated heterocycles. The van der Waals surface area contributed by atoms with Gasteiger partial charge in [0.15, 0.2) is 5.82 Å². The van der Waals surface area contributed by atoms with Gasteiger partial charge in [-0.2, -0.15) is 4.98 Å². The molecule has 3 rings (SSSR count). The number of aromatic nitrogens is 2. The van der Waals surface area contributed by atoms with Crippen LogP contribution in [-0.4, -0.2) is 48.8 Å². The average molecular weight is 356 g/mol. The highest BCUT2D eigenvalue weighted by atomic mass is 32.2. The molecule has 24 heavy (non-hydrogen) atoms. The fourth-order valence-electron chi connectivity index (χ4n) is 4.03. The van der Waals surface area contributed by atoms with Crippen LogP contribution in [0.5, 0.6) is 0 Å². The molecule has 2 aliphatic rings. The maximum absolute atomic E-state index is 11.6. The fraction of sp³-hybridized carbons (Fsp3) is 0.875. The molecule has 7 nitrogen and oxygen atoms in total. The molecule has 0 unspecified atom stereocenters. The molecule has 1 aliphatic heterocycles. The van der Waals surface area contributed by atoms with Crippen LogP contribution in [0, 0.1) is 5.92 Å². The molecule has 1 aromatic rings. The summed E-state index contributed by atoms with van der Waals surface area (Å²) in [5, 5.41) is 4.13. The van der Waals surface area contributed by atoms with Gasteiger partial charge in [0.25, 0.3) is 0 Å². The van der Waals surface area contributed by atoms with Crippen molar-refractivity contribution in [2.45, 2.75) is 64.0 Å². The number of nitrogens with one attached hydrogen (secondary N) is 1. The van der Waals surface area contributed by atoms with Crippen molar-refractivity contribution in [1.82, 2.24) is 19.8 Å². The Morgan fingerprint density at radius 3 is 2.71 bits per heavy atom. The highest BCUT2D eigenvalue weighted by Crippen LogP contribution is 2.33. The van der Waals surface area contributed by atoms with E-state index in [0.29, 0.717) is 30.7 Å². The molecule has 0 radical (unpaired) electrons. The molecule has 1 aromatic heterocycles. The Morgan fingerprint density at radius 2 is 2.04 bits per heavy atom. The Bertz CT molecular complexity index is 640. The SMILES string of the molecule is CCC[C@@H]1CN(Cc2noc(C3CCCC3)n2)C[C@H]1NS(C)(=O)=O. The van der Waals surface area contributed by atoms with Crippen LogP contribution in [0.1, 0.15) is 63.1 Å². The van der Waals surface area contributed by atoms with E-state index in [1.165, 1.54) is 19.1 Å². The van der Waals surface area contributed by atoms with E-state index in [1.54, 1.807) is 0 Å². The average Bonchev–Trinajstić information content (AvgIpc) is 3.20. The summed E-state index contributed by atoms with van der Waals surface area (Å²) >= 11 is 0. The Kier molecular flexibility index (Phi) is 5.56. The van der Waals surface area contributed by atoms with Gasteiger partial charge < -0.3 is 4.52 Å². The molecule has 1 aliphatic carbocycles. The van der Waals surface area contributed by atoms with E-state index in [-0.39, 0.29) is 6.04 Å². The largest absolute Gasteiger partial charge is 0.339 e. The number of hydrogen-bond donors (Lipinski definition) is 1. The molecule has 0 aromatic carbocycles. The first-order valence-electron chi connectivity index (χ1n) is 8.96. The van der Waals surface area contributed by atoms with Gasteiger partial charge in [0.2, 0.25) is 15.9 Å². The number of hydrogen-bond acceptors (Lipinski definition) is 6. The van der Waals surface area contributed by atoms with Crippen molar-refractivity contribution in [1.29, 1.82) is 0 Å². The predicted octanol–water partition coefficient (Wildman–Crippen LogP) is 1.88. The van der Waals surface area contributed by atoms with E-state index in [4.69, 9.17) is 4.52 Å².